The van der Waals surface area contributed by atoms with Gasteiger partial charge in [-0.25, -0.2) is 0 Å². The summed E-state index contributed by atoms with van der Waals surface area (Å²) in [4.78, 5) is 44.6. The molecule has 1 N–H and O–H groups in total. The number of hydrogen-bond acceptors (Lipinski definition) is 6. The lowest BCUT2D eigenvalue weighted by molar-refractivity contribution is -0.157. The van der Waals surface area contributed by atoms with Crippen molar-refractivity contribution < 1.29 is 29.0 Å². The molecule has 0 aromatic rings. The van der Waals surface area contributed by atoms with Crippen molar-refractivity contribution in [1.29, 1.82) is 0 Å². The zero-order valence-corrected chi connectivity index (χ0v) is 21.4. The van der Waals surface area contributed by atoms with E-state index in [1.54, 1.807) is 22.8 Å². The van der Waals surface area contributed by atoms with Crippen LogP contribution in [0.15, 0.2) is 12.7 Å². The average molecular weight is 479 g/mol. The molecular formula is C26H42N2O6. The first-order chi connectivity index (χ1) is 16.2. The zero-order valence-electron chi connectivity index (χ0n) is 21.4. The van der Waals surface area contributed by atoms with Gasteiger partial charge in [-0.2, -0.15) is 0 Å². The molecule has 8 atom stereocenters. The lowest BCUT2D eigenvalue weighted by atomic mass is 9.70. The molecule has 0 radical (unpaired) electrons. The summed E-state index contributed by atoms with van der Waals surface area (Å²) in [6.45, 7) is 14.0. The third-order valence-corrected chi connectivity index (χ3v) is 8.22. The molecule has 2 amide bonds. The number of aliphatic hydroxyl groups excluding tert-OH is 1. The Morgan fingerprint density at radius 2 is 2.06 bits per heavy atom. The van der Waals surface area contributed by atoms with E-state index in [4.69, 9.17) is 9.47 Å². The molecule has 3 fully saturated rings. The molecule has 1 spiro atoms. The molecule has 3 saturated heterocycles. The molecule has 3 unspecified atom stereocenters. The summed E-state index contributed by atoms with van der Waals surface area (Å²) in [6.07, 6.45) is 4.87. The van der Waals surface area contributed by atoms with Gasteiger partial charge in [0, 0.05) is 12.6 Å². The Morgan fingerprint density at radius 3 is 2.62 bits per heavy atom. The van der Waals surface area contributed by atoms with E-state index in [9.17, 15) is 19.5 Å². The highest BCUT2D eigenvalue weighted by Crippen LogP contribution is 2.59. The Labute approximate surface area is 203 Å². The van der Waals surface area contributed by atoms with Gasteiger partial charge in [0.1, 0.15) is 11.6 Å². The van der Waals surface area contributed by atoms with Crippen molar-refractivity contribution in [3.63, 3.8) is 0 Å². The number of aliphatic hydroxyl groups is 1. The molecule has 0 aromatic heterocycles. The lowest BCUT2D eigenvalue weighted by Crippen LogP contribution is -2.60. The number of hydrogen-bond donors (Lipinski definition) is 1. The molecule has 0 aliphatic carbocycles. The van der Waals surface area contributed by atoms with Gasteiger partial charge in [0.2, 0.25) is 11.8 Å². The maximum absolute atomic E-state index is 14.3. The van der Waals surface area contributed by atoms with Gasteiger partial charge in [-0.15, -0.1) is 6.58 Å². The van der Waals surface area contributed by atoms with Gasteiger partial charge in [0.15, 0.2) is 0 Å². The third kappa shape index (κ3) is 4.17. The minimum atomic E-state index is -1.08. The van der Waals surface area contributed by atoms with Crippen molar-refractivity contribution in [3.8, 4) is 0 Å². The Hall–Kier alpha value is -1.93. The van der Waals surface area contributed by atoms with Gasteiger partial charge in [-0.3, -0.25) is 14.4 Å². The Morgan fingerprint density at radius 1 is 1.35 bits per heavy atom. The quantitative estimate of drug-likeness (QED) is 0.342. The first-order valence-corrected chi connectivity index (χ1v) is 12.9. The number of carbonyl (C=O) groups is 3. The van der Waals surface area contributed by atoms with Crippen LogP contribution in [0.3, 0.4) is 0 Å². The van der Waals surface area contributed by atoms with Crippen molar-refractivity contribution in [1.82, 2.24) is 9.80 Å². The van der Waals surface area contributed by atoms with Crippen molar-refractivity contribution in [2.75, 3.05) is 19.8 Å². The van der Waals surface area contributed by atoms with Gasteiger partial charge in [0.25, 0.3) is 0 Å². The Kier molecular flexibility index (Phi) is 8.45. The van der Waals surface area contributed by atoms with Crippen LogP contribution in [0.5, 0.6) is 0 Å². The average Bonchev–Trinajstić information content (AvgIpc) is 3.45. The number of esters is 1. The molecule has 0 aromatic carbocycles. The molecule has 34 heavy (non-hydrogen) atoms. The lowest BCUT2D eigenvalue weighted by Gasteiger charge is -2.42. The summed E-state index contributed by atoms with van der Waals surface area (Å²) >= 11 is 0. The summed E-state index contributed by atoms with van der Waals surface area (Å²) in [7, 11) is 0. The van der Waals surface area contributed by atoms with E-state index < -0.39 is 41.6 Å². The molecule has 8 nitrogen and oxygen atoms in total. The fourth-order valence-corrected chi connectivity index (χ4v) is 6.41. The fraction of sp³-hybridized carbons (Fsp3) is 0.808. The number of ether oxygens (including phenoxy) is 2. The fourth-order valence-electron chi connectivity index (χ4n) is 6.41. The van der Waals surface area contributed by atoms with Crippen LogP contribution in [0.2, 0.25) is 0 Å². The topological polar surface area (TPSA) is 96.4 Å². The van der Waals surface area contributed by atoms with Crippen molar-refractivity contribution >= 4 is 17.8 Å². The summed E-state index contributed by atoms with van der Waals surface area (Å²) in [6, 6.07) is -1.47. The van der Waals surface area contributed by atoms with Crippen LogP contribution in [-0.4, -0.2) is 82.3 Å². The molecule has 8 heteroatoms. The van der Waals surface area contributed by atoms with Crippen LogP contribution in [-0.2, 0) is 23.9 Å². The Balaban J connectivity index is 2.11. The number of likely N-dealkylation sites (tertiary alicyclic amines) is 1. The second kappa shape index (κ2) is 10.8. The van der Waals surface area contributed by atoms with E-state index in [-0.39, 0.29) is 37.0 Å². The maximum Gasteiger partial charge on any atom is 0.312 e. The van der Waals surface area contributed by atoms with E-state index in [1.165, 1.54) is 0 Å². The molecule has 3 aliphatic heterocycles. The van der Waals surface area contributed by atoms with Crippen molar-refractivity contribution in [3.05, 3.63) is 12.7 Å². The van der Waals surface area contributed by atoms with Crippen LogP contribution in [0.1, 0.15) is 66.7 Å². The summed E-state index contributed by atoms with van der Waals surface area (Å²) in [5, 5.41) is 10.4. The summed E-state index contributed by atoms with van der Waals surface area (Å²) in [5.74, 6) is -2.43. The van der Waals surface area contributed by atoms with E-state index in [0.29, 0.717) is 19.4 Å². The highest BCUT2D eigenvalue weighted by atomic mass is 16.6. The maximum atomic E-state index is 14.3. The van der Waals surface area contributed by atoms with Crippen LogP contribution >= 0.6 is 0 Å². The largest absolute Gasteiger partial charge is 0.466 e. The van der Waals surface area contributed by atoms with Crippen LogP contribution in [0, 0.1) is 17.8 Å². The van der Waals surface area contributed by atoms with Gasteiger partial charge >= 0.3 is 5.97 Å². The molecule has 0 saturated carbocycles. The van der Waals surface area contributed by atoms with Gasteiger partial charge in [-0.05, 0) is 39.0 Å². The number of nitrogens with zero attached hydrogens (tertiary/aromatic N) is 2. The first kappa shape index (κ1) is 26.7. The third-order valence-electron chi connectivity index (χ3n) is 8.22. The van der Waals surface area contributed by atoms with Crippen LogP contribution < -0.4 is 0 Å². The molecule has 2 bridgehead atoms. The Bertz CT molecular complexity index is 787. The SMILES string of the molecule is C=CCN(C(=O)C1N([C@@H](CO)[C@@H](C)CC)C(=O)[C@@H]2[C@H](C(=O)OCC)[C@@H]3CCC12O3)C(C)CCC. The predicted octanol–water partition coefficient (Wildman–Crippen LogP) is 2.53. The van der Waals surface area contributed by atoms with Crippen molar-refractivity contribution in [2.45, 2.75) is 96.6 Å². The number of carbonyl (C=O) groups excluding carboxylic acids is 3. The number of rotatable bonds is 12. The predicted molar refractivity (Wildman–Crippen MR) is 128 cm³/mol. The van der Waals surface area contributed by atoms with E-state index in [0.717, 1.165) is 19.3 Å². The summed E-state index contributed by atoms with van der Waals surface area (Å²) in [5.41, 5.74) is -1.08. The monoisotopic (exact) mass is 478 g/mol. The normalized spacial score (nSPS) is 32.3. The van der Waals surface area contributed by atoms with Crippen LogP contribution in [0.4, 0.5) is 0 Å². The van der Waals surface area contributed by atoms with E-state index >= 15 is 0 Å². The second-order valence-electron chi connectivity index (χ2n) is 10.1. The smallest absolute Gasteiger partial charge is 0.312 e. The minimum Gasteiger partial charge on any atom is -0.466 e. The number of fused-ring (bicyclic) bond motifs is 1. The van der Waals surface area contributed by atoms with Gasteiger partial charge < -0.3 is 24.4 Å². The van der Waals surface area contributed by atoms with Crippen LogP contribution in [0.25, 0.3) is 0 Å². The molecular weight excluding hydrogens is 436 g/mol. The summed E-state index contributed by atoms with van der Waals surface area (Å²) < 4.78 is 11.8. The highest BCUT2D eigenvalue weighted by Gasteiger charge is 2.75. The number of amides is 2. The van der Waals surface area contributed by atoms with Gasteiger partial charge in [0.05, 0.1) is 37.2 Å². The highest BCUT2D eigenvalue weighted by molar-refractivity contribution is 5.98. The molecule has 3 heterocycles. The first-order valence-electron chi connectivity index (χ1n) is 12.9. The standard InChI is InChI=1S/C26H42N2O6/c1-7-11-17(6)27(14-8-2)24(31)22-26-13-12-19(34-26)20(25(32)33-10-4)21(26)23(30)28(22)18(15-29)16(5)9-3/h8,16-22,29H,2,7,9-15H2,1,3-6H3/t16-,17?,18-,19-,20+,21-,22?,26?/m0/s1. The van der Waals surface area contributed by atoms with Crippen molar-refractivity contribution in [2.24, 2.45) is 17.8 Å². The van der Waals surface area contributed by atoms with E-state index in [2.05, 4.69) is 13.5 Å². The van der Waals surface area contributed by atoms with Gasteiger partial charge in [-0.1, -0.05) is 39.7 Å². The second-order valence-corrected chi connectivity index (χ2v) is 10.1. The zero-order chi connectivity index (χ0) is 25.2. The van der Waals surface area contributed by atoms with E-state index in [1.807, 2.05) is 20.8 Å². The molecule has 3 aliphatic rings. The molecule has 3 rings (SSSR count). The minimum absolute atomic E-state index is 0.0290. The molecule has 192 valence electrons.